The molecule has 1 N–H and O–H groups in total. The highest BCUT2D eigenvalue weighted by Crippen LogP contribution is 2.25. The van der Waals surface area contributed by atoms with Gasteiger partial charge in [0.25, 0.3) is 5.91 Å². The predicted molar refractivity (Wildman–Crippen MR) is 103 cm³/mol. The molecular formula is C18H18BrFN2O4S. The Hall–Kier alpha value is -1.81. The molecule has 1 saturated heterocycles. The normalized spacial score (nSPS) is 15.5. The fourth-order valence-electron chi connectivity index (χ4n) is 2.73. The molecule has 0 radical (unpaired) electrons. The lowest BCUT2D eigenvalue weighted by Crippen LogP contribution is -2.40. The van der Waals surface area contributed by atoms with Crippen molar-refractivity contribution in [1.29, 1.82) is 0 Å². The molecular weight excluding hydrogens is 439 g/mol. The summed E-state index contributed by atoms with van der Waals surface area (Å²) in [6.45, 7) is 2.93. The van der Waals surface area contributed by atoms with Crippen LogP contribution in [0.5, 0.6) is 0 Å². The maximum atomic E-state index is 13.2. The Labute approximate surface area is 165 Å². The summed E-state index contributed by atoms with van der Waals surface area (Å²) in [6, 6.07) is 8.41. The second-order valence-corrected chi connectivity index (χ2v) is 8.84. The second kappa shape index (κ2) is 8.05. The summed E-state index contributed by atoms with van der Waals surface area (Å²) in [6.07, 6.45) is 0. The van der Waals surface area contributed by atoms with Crippen LogP contribution in [-0.4, -0.2) is 44.9 Å². The Morgan fingerprint density at radius 1 is 1.19 bits per heavy atom. The van der Waals surface area contributed by atoms with Crippen LogP contribution in [-0.2, 0) is 14.8 Å². The lowest BCUT2D eigenvalue weighted by Gasteiger charge is -2.26. The van der Waals surface area contributed by atoms with Gasteiger partial charge in [0.1, 0.15) is 5.82 Å². The molecule has 0 unspecified atom stereocenters. The number of carbonyl (C=O) groups is 1. The van der Waals surface area contributed by atoms with Crippen LogP contribution in [0.2, 0.25) is 0 Å². The Balaban J connectivity index is 1.89. The van der Waals surface area contributed by atoms with E-state index in [1.54, 1.807) is 19.1 Å². The molecule has 1 heterocycles. The first-order chi connectivity index (χ1) is 12.8. The number of hydrogen-bond donors (Lipinski definition) is 1. The molecule has 9 heteroatoms. The summed E-state index contributed by atoms with van der Waals surface area (Å²) in [5.41, 5.74) is 1.14. The molecule has 6 nitrogen and oxygen atoms in total. The largest absolute Gasteiger partial charge is 0.379 e. The fourth-order valence-corrected chi connectivity index (χ4v) is 4.84. The summed E-state index contributed by atoms with van der Waals surface area (Å²) in [7, 11) is -3.72. The van der Waals surface area contributed by atoms with E-state index in [2.05, 4.69) is 21.2 Å². The molecule has 0 aliphatic carbocycles. The highest BCUT2D eigenvalue weighted by molar-refractivity contribution is 9.10. The minimum Gasteiger partial charge on any atom is -0.379 e. The smallest absolute Gasteiger partial charge is 0.255 e. The number of sulfonamides is 1. The zero-order valence-corrected chi connectivity index (χ0v) is 16.9. The number of nitrogens with one attached hydrogen (secondary N) is 1. The van der Waals surface area contributed by atoms with Gasteiger partial charge in [-0.25, -0.2) is 12.8 Å². The van der Waals surface area contributed by atoms with E-state index in [0.29, 0.717) is 28.9 Å². The third kappa shape index (κ3) is 4.37. The van der Waals surface area contributed by atoms with Gasteiger partial charge in [-0.3, -0.25) is 4.79 Å². The lowest BCUT2D eigenvalue weighted by molar-refractivity contribution is 0.0730. The van der Waals surface area contributed by atoms with Gasteiger partial charge in [-0.15, -0.1) is 0 Å². The van der Waals surface area contributed by atoms with E-state index in [-0.39, 0.29) is 23.5 Å². The van der Waals surface area contributed by atoms with Crippen molar-refractivity contribution in [3.8, 4) is 0 Å². The maximum absolute atomic E-state index is 13.2. The summed E-state index contributed by atoms with van der Waals surface area (Å²) >= 11 is 3.19. The van der Waals surface area contributed by atoms with Gasteiger partial charge < -0.3 is 10.1 Å². The Bertz CT molecular complexity index is 975. The molecule has 27 heavy (non-hydrogen) atoms. The molecule has 1 fully saturated rings. The van der Waals surface area contributed by atoms with Gasteiger partial charge in [0.15, 0.2) is 0 Å². The zero-order chi connectivity index (χ0) is 19.6. The van der Waals surface area contributed by atoms with Gasteiger partial charge in [-0.2, -0.15) is 4.31 Å². The predicted octanol–water partition coefficient (Wildman–Crippen LogP) is 3.17. The van der Waals surface area contributed by atoms with Crippen LogP contribution >= 0.6 is 15.9 Å². The Morgan fingerprint density at radius 2 is 1.89 bits per heavy atom. The van der Waals surface area contributed by atoms with E-state index >= 15 is 0 Å². The average molecular weight is 457 g/mol. The Kier molecular flexibility index (Phi) is 5.95. The standard InChI is InChI=1S/C18H18BrFN2O4S/c1-12-2-3-13(18(23)21-16-5-4-14(20)11-15(16)19)10-17(12)27(24,25)22-6-8-26-9-7-22/h2-5,10-11H,6-9H2,1H3,(H,21,23). The van der Waals surface area contributed by atoms with Crippen molar-refractivity contribution in [1.82, 2.24) is 4.31 Å². The Morgan fingerprint density at radius 3 is 2.56 bits per heavy atom. The summed E-state index contributed by atoms with van der Waals surface area (Å²) in [5, 5.41) is 2.65. The van der Waals surface area contributed by atoms with Crippen LogP contribution in [0.15, 0.2) is 45.8 Å². The molecule has 2 aromatic carbocycles. The van der Waals surface area contributed by atoms with E-state index in [0.717, 1.165) is 0 Å². The summed E-state index contributed by atoms with van der Waals surface area (Å²) < 4.78 is 46.0. The van der Waals surface area contributed by atoms with Gasteiger partial charge in [0, 0.05) is 23.1 Å². The third-order valence-corrected chi connectivity index (χ3v) is 6.91. The van der Waals surface area contributed by atoms with Gasteiger partial charge in [-0.1, -0.05) is 6.07 Å². The van der Waals surface area contributed by atoms with Crippen molar-refractivity contribution < 1.29 is 22.3 Å². The quantitative estimate of drug-likeness (QED) is 0.766. The highest BCUT2D eigenvalue weighted by atomic mass is 79.9. The van der Waals surface area contributed by atoms with Crippen LogP contribution in [0.3, 0.4) is 0 Å². The number of morpholine rings is 1. The second-order valence-electron chi connectivity index (χ2n) is 6.08. The van der Waals surface area contributed by atoms with E-state index < -0.39 is 21.7 Å². The lowest BCUT2D eigenvalue weighted by atomic mass is 10.1. The number of ether oxygens (including phenoxy) is 1. The van der Waals surface area contributed by atoms with E-state index in [1.807, 2.05) is 0 Å². The number of anilines is 1. The first-order valence-electron chi connectivity index (χ1n) is 8.24. The molecule has 1 aliphatic heterocycles. The molecule has 0 aromatic heterocycles. The molecule has 1 amide bonds. The van der Waals surface area contributed by atoms with Gasteiger partial charge in [0.05, 0.1) is 23.8 Å². The summed E-state index contributed by atoms with van der Waals surface area (Å²) in [5.74, 6) is -0.921. The number of amides is 1. The number of hydrogen-bond acceptors (Lipinski definition) is 4. The SMILES string of the molecule is Cc1ccc(C(=O)Nc2ccc(F)cc2Br)cc1S(=O)(=O)N1CCOCC1. The molecule has 0 spiro atoms. The highest BCUT2D eigenvalue weighted by Gasteiger charge is 2.28. The van der Waals surface area contributed by atoms with Crippen molar-refractivity contribution in [2.75, 3.05) is 31.6 Å². The van der Waals surface area contributed by atoms with E-state index in [4.69, 9.17) is 4.74 Å². The first-order valence-corrected chi connectivity index (χ1v) is 10.5. The van der Waals surface area contributed by atoms with Crippen LogP contribution < -0.4 is 5.32 Å². The summed E-state index contributed by atoms with van der Waals surface area (Å²) in [4.78, 5) is 12.7. The van der Waals surface area contributed by atoms with Crippen LogP contribution in [0.4, 0.5) is 10.1 Å². The third-order valence-electron chi connectivity index (χ3n) is 4.22. The van der Waals surface area contributed by atoms with E-state index in [9.17, 15) is 17.6 Å². The topological polar surface area (TPSA) is 75.7 Å². The van der Waals surface area contributed by atoms with E-state index in [1.165, 1.54) is 28.6 Å². The number of nitrogens with zero attached hydrogens (tertiary/aromatic N) is 1. The molecule has 2 aromatic rings. The molecule has 144 valence electrons. The van der Waals surface area contributed by atoms with Gasteiger partial charge in [-0.05, 0) is 58.7 Å². The first kappa shape index (κ1) is 19.9. The van der Waals surface area contributed by atoms with Crippen LogP contribution in [0, 0.1) is 12.7 Å². The number of aryl methyl sites for hydroxylation is 1. The zero-order valence-electron chi connectivity index (χ0n) is 14.5. The molecule has 0 saturated carbocycles. The molecule has 1 aliphatic rings. The number of halogens is 2. The molecule has 0 bridgehead atoms. The molecule has 0 atom stereocenters. The maximum Gasteiger partial charge on any atom is 0.255 e. The molecule has 3 rings (SSSR count). The average Bonchev–Trinajstić information content (AvgIpc) is 2.65. The number of rotatable bonds is 4. The number of carbonyl (C=O) groups excluding carboxylic acids is 1. The van der Waals surface area contributed by atoms with Gasteiger partial charge in [0.2, 0.25) is 10.0 Å². The van der Waals surface area contributed by atoms with Crippen molar-refractivity contribution in [3.05, 3.63) is 57.8 Å². The minimum absolute atomic E-state index is 0.0928. The number of benzene rings is 2. The van der Waals surface area contributed by atoms with Crippen molar-refractivity contribution in [2.45, 2.75) is 11.8 Å². The minimum atomic E-state index is -3.72. The fraction of sp³-hybridized carbons (Fsp3) is 0.278. The monoisotopic (exact) mass is 456 g/mol. The van der Waals surface area contributed by atoms with Crippen molar-refractivity contribution >= 4 is 37.5 Å². The van der Waals surface area contributed by atoms with Crippen molar-refractivity contribution in [3.63, 3.8) is 0 Å². The van der Waals surface area contributed by atoms with Crippen LogP contribution in [0.1, 0.15) is 15.9 Å². The van der Waals surface area contributed by atoms with Crippen LogP contribution in [0.25, 0.3) is 0 Å². The van der Waals surface area contributed by atoms with Crippen molar-refractivity contribution in [2.24, 2.45) is 0 Å². The van der Waals surface area contributed by atoms with Gasteiger partial charge >= 0.3 is 0 Å².